The van der Waals surface area contributed by atoms with Crippen molar-refractivity contribution < 1.29 is 19.0 Å². The molecule has 0 saturated carbocycles. The highest BCUT2D eigenvalue weighted by Gasteiger charge is 2.11. The molecule has 0 radical (unpaired) electrons. The van der Waals surface area contributed by atoms with E-state index >= 15 is 0 Å². The third-order valence-electron chi connectivity index (χ3n) is 3.15. The first-order valence-electron chi connectivity index (χ1n) is 7.37. The fourth-order valence-corrected chi connectivity index (χ4v) is 2.02. The summed E-state index contributed by atoms with van der Waals surface area (Å²) in [6.07, 6.45) is 5.05. The second kappa shape index (κ2) is 7.82. The summed E-state index contributed by atoms with van der Waals surface area (Å²) in [5.41, 5.74) is 3.34. The molecular weight excluding hydrogens is 308 g/mol. The SMILES string of the molecule is O=C(COc1ccccc1)N/N=C\C=C\c1ccc2c(c1)OCO2. The molecule has 0 bridgehead atoms. The molecule has 0 saturated heterocycles. The van der Waals surface area contributed by atoms with E-state index in [2.05, 4.69) is 10.5 Å². The number of nitrogens with zero attached hydrogens (tertiary/aromatic N) is 1. The van der Waals surface area contributed by atoms with Crippen LogP contribution in [0, 0.1) is 0 Å². The van der Waals surface area contributed by atoms with E-state index in [0.29, 0.717) is 5.75 Å². The topological polar surface area (TPSA) is 69.2 Å². The molecule has 6 heteroatoms. The van der Waals surface area contributed by atoms with Crippen molar-refractivity contribution in [3.63, 3.8) is 0 Å². The van der Waals surface area contributed by atoms with Crippen molar-refractivity contribution in [1.29, 1.82) is 0 Å². The number of hydrogen-bond acceptors (Lipinski definition) is 5. The molecule has 2 aromatic rings. The Hall–Kier alpha value is -3.28. The fraction of sp³-hybridized carbons (Fsp3) is 0.111. The monoisotopic (exact) mass is 324 g/mol. The fourth-order valence-electron chi connectivity index (χ4n) is 2.02. The van der Waals surface area contributed by atoms with Crippen LogP contribution in [0.5, 0.6) is 17.2 Å². The van der Waals surface area contributed by atoms with E-state index in [9.17, 15) is 4.79 Å². The number of hydrazone groups is 1. The summed E-state index contributed by atoms with van der Waals surface area (Å²) in [4.78, 5) is 11.6. The van der Waals surface area contributed by atoms with Crippen molar-refractivity contribution >= 4 is 18.2 Å². The number of fused-ring (bicyclic) bond motifs is 1. The third-order valence-corrected chi connectivity index (χ3v) is 3.15. The van der Waals surface area contributed by atoms with Crippen molar-refractivity contribution in [2.45, 2.75) is 0 Å². The number of hydrogen-bond donors (Lipinski definition) is 1. The minimum atomic E-state index is -0.327. The largest absolute Gasteiger partial charge is 0.484 e. The van der Waals surface area contributed by atoms with Gasteiger partial charge in [0.2, 0.25) is 6.79 Å². The summed E-state index contributed by atoms with van der Waals surface area (Å²) in [6, 6.07) is 14.8. The molecule has 2 aromatic carbocycles. The van der Waals surface area contributed by atoms with E-state index in [1.807, 2.05) is 42.5 Å². The van der Waals surface area contributed by atoms with Gasteiger partial charge in [-0.15, -0.1) is 0 Å². The molecule has 1 aliphatic heterocycles. The number of rotatable bonds is 6. The highest BCUT2D eigenvalue weighted by Crippen LogP contribution is 2.32. The summed E-state index contributed by atoms with van der Waals surface area (Å²) >= 11 is 0. The molecule has 0 aliphatic carbocycles. The number of para-hydroxylation sites is 1. The van der Waals surface area contributed by atoms with Crippen LogP contribution in [0.2, 0.25) is 0 Å². The Balaban J connectivity index is 1.42. The first-order valence-corrected chi connectivity index (χ1v) is 7.37. The molecule has 24 heavy (non-hydrogen) atoms. The predicted molar refractivity (Wildman–Crippen MR) is 90.2 cm³/mol. The van der Waals surface area contributed by atoms with Crippen molar-refractivity contribution in [2.24, 2.45) is 5.10 Å². The molecule has 1 N–H and O–H groups in total. The maximum Gasteiger partial charge on any atom is 0.277 e. The molecule has 1 amide bonds. The van der Waals surface area contributed by atoms with E-state index in [1.54, 1.807) is 18.2 Å². The Morgan fingerprint density at radius 3 is 2.88 bits per heavy atom. The molecule has 0 atom stereocenters. The Morgan fingerprint density at radius 2 is 2.00 bits per heavy atom. The second-order valence-corrected chi connectivity index (χ2v) is 4.89. The van der Waals surface area contributed by atoms with Crippen LogP contribution < -0.4 is 19.6 Å². The Bertz CT molecular complexity index is 757. The van der Waals surface area contributed by atoms with E-state index in [-0.39, 0.29) is 19.3 Å². The van der Waals surface area contributed by atoms with Crippen LogP contribution in [0.1, 0.15) is 5.56 Å². The standard InChI is InChI=1S/C18H16N2O4/c21-18(12-22-15-6-2-1-3-7-15)20-19-10-4-5-14-8-9-16-17(11-14)24-13-23-16/h1-11H,12-13H2,(H,20,21)/b5-4+,19-10-. The maximum atomic E-state index is 11.6. The first-order chi connectivity index (χ1) is 11.8. The molecule has 0 unspecified atom stereocenters. The van der Waals surface area contributed by atoms with Gasteiger partial charge in [-0.1, -0.05) is 30.3 Å². The highest BCUT2D eigenvalue weighted by atomic mass is 16.7. The molecule has 0 spiro atoms. The van der Waals surface area contributed by atoms with Gasteiger partial charge in [0.15, 0.2) is 18.1 Å². The number of benzene rings is 2. The zero-order chi connectivity index (χ0) is 16.6. The van der Waals surface area contributed by atoms with Gasteiger partial charge in [-0.25, -0.2) is 5.43 Å². The zero-order valence-corrected chi connectivity index (χ0v) is 12.8. The number of nitrogens with one attached hydrogen (secondary N) is 1. The molecule has 0 aromatic heterocycles. The molecule has 6 nitrogen and oxygen atoms in total. The first kappa shape index (κ1) is 15.6. The maximum absolute atomic E-state index is 11.6. The number of amides is 1. The van der Waals surface area contributed by atoms with Gasteiger partial charge in [0.05, 0.1) is 0 Å². The predicted octanol–water partition coefficient (Wildman–Crippen LogP) is 2.61. The summed E-state index contributed by atoms with van der Waals surface area (Å²) in [5.74, 6) is 1.78. The molecule has 3 rings (SSSR count). The van der Waals surface area contributed by atoms with Crippen LogP contribution in [0.15, 0.2) is 59.7 Å². The lowest BCUT2D eigenvalue weighted by Gasteiger charge is -2.03. The lowest BCUT2D eigenvalue weighted by molar-refractivity contribution is -0.123. The average molecular weight is 324 g/mol. The number of ether oxygens (including phenoxy) is 3. The van der Waals surface area contributed by atoms with Crippen molar-refractivity contribution in [3.05, 3.63) is 60.2 Å². The lowest BCUT2D eigenvalue weighted by atomic mass is 10.2. The number of allylic oxidation sites excluding steroid dienone is 1. The van der Waals surface area contributed by atoms with Gasteiger partial charge in [0, 0.05) is 6.21 Å². The van der Waals surface area contributed by atoms with E-state index < -0.39 is 0 Å². The minimum Gasteiger partial charge on any atom is -0.484 e. The smallest absolute Gasteiger partial charge is 0.277 e. The quantitative estimate of drug-likeness (QED) is 0.655. The van der Waals surface area contributed by atoms with Crippen LogP contribution in [0.4, 0.5) is 0 Å². The summed E-state index contributed by atoms with van der Waals surface area (Å²) in [6.45, 7) is 0.161. The number of carbonyl (C=O) groups is 1. The van der Waals surface area contributed by atoms with Crippen molar-refractivity contribution in [3.8, 4) is 17.2 Å². The highest BCUT2D eigenvalue weighted by molar-refractivity contribution is 5.82. The zero-order valence-electron chi connectivity index (χ0n) is 12.8. The van der Waals surface area contributed by atoms with E-state index in [0.717, 1.165) is 17.1 Å². The summed E-state index contributed by atoms with van der Waals surface area (Å²) in [5, 5.41) is 3.82. The van der Waals surface area contributed by atoms with Gasteiger partial charge in [0.25, 0.3) is 5.91 Å². The summed E-state index contributed by atoms with van der Waals surface area (Å²) in [7, 11) is 0. The van der Waals surface area contributed by atoms with Crippen LogP contribution >= 0.6 is 0 Å². The van der Waals surface area contributed by atoms with Gasteiger partial charge in [-0.2, -0.15) is 5.10 Å². The Kier molecular flexibility index (Phi) is 5.09. The number of carbonyl (C=O) groups excluding carboxylic acids is 1. The Morgan fingerprint density at radius 1 is 1.17 bits per heavy atom. The molecule has 0 fully saturated rings. The molecule has 1 heterocycles. The van der Waals surface area contributed by atoms with Crippen LogP contribution in [-0.4, -0.2) is 25.5 Å². The van der Waals surface area contributed by atoms with Gasteiger partial charge in [-0.3, -0.25) is 4.79 Å². The average Bonchev–Trinajstić information content (AvgIpc) is 3.08. The van der Waals surface area contributed by atoms with Gasteiger partial charge in [0.1, 0.15) is 5.75 Å². The molecular formula is C18H16N2O4. The third kappa shape index (κ3) is 4.36. The second-order valence-electron chi connectivity index (χ2n) is 4.89. The normalized spacial score (nSPS) is 12.7. The molecule has 122 valence electrons. The van der Waals surface area contributed by atoms with Crippen molar-refractivity contribution in [1.82, 2.24) is 5.43 Å². The minimum absolute atomic E-state index is 0.0901. The van der Waals surface area contributed by atoms with Crippen LogP contribution in [0.3, 0.4) is 0 Å². The van der Waals surface area contributed by atoms with Crippen molar-refractivity contribution in [2.75, 3.05) is 13.4 Å². The molecule has 1 aliphatic rings. The van der Waals surface area contributed by atoms with E-state index in [4.69, 9.17) is 14.2 Å². The van der Waals surface area contributed by atoms with Gasteiger partial charge < -0.3 is 14.2 Å². The van der Waals surface area contributed by atoms with Gasteiger partial charge in [-0.05, 0) is 35.9 Å². The van der Waals surface area contributed by atoms with Gasteiger partial charge >= 0.3 is 0 Å². The Labute approximate surface area is 139 Å². The van der Waals surface area contributed by atoms with E-state index in [1.165, 1.54) is 6.21 Å². The lowest BCUT2D eigenvalue weighted by Crippen LogP contribution is -2.24. The summed E-state index contributed by atoms with van der Waals surface area (Å²) < 4.78 is 15.9. The van der Waals surface area contributed by atoms with Crippen LogP contribution in [0.25, 0.3) is 6.08 Å². The van der Waals surface area contributed by atoms with Crippen LogP contribution in [-0.2, 0) is 4.79 Å².